The first-order chi connectivity index (χ1) is 20.3. The fourth-order valence-electron chi connectivity index (χ4n) is 5.76. The van der Waals surface area contributed by atoms with E-state index in [1.165, 1.54) is 50.6 Å². The van der Waals surface area contributed by atoms with Crippen LogP contribution >= 0.6 is 22.9 Å². The first-order valence-corrected chi connectivity index (χ1v) is 15.4. The molecule has 222 valence electrons. The molecule has 0 unspecified atom stereocenters. The van der Waals surface area contributed by atoms with Crippen LogP contribution in [0, 0.1) is 12.8 Å². The topological polar surface area (TPSA) is 103 Å². The minimum absolute atomic E-state index is 0.0275. The highest BCUT2D eigenvalue weighted by molar-refractivity contribution is 7.16. The van der Waals surface area contributed by atoms with E-state index in [0.29, 0.717) is 38.8 Å². The molecule has 1 amide bonds. The highest BCUT2D eigenvalue weighted by Gasteiger charge is 2.25. The number of thiazole rings is 1. The fourth-order valence-corrected chi connectivity index (χ4v) is 6.97. The molecule has 0 spiro atoms. The third kappa shape index (κ3) is 6.42. The Morgan fingerprint density at radius 1 is 1.07 bits per heavy atom. The fraction of sp³-hybridized carbons (Fsp3) is 0.406. The number of hydrogen-bond donors (Lipinski definition) is 2. The lowest BCUT2D eigenvalue weighted by molar-refractivity contribution is -0.139. The second-order valence-electron chi connectivity index (χ2n) is 10.8. The van der Waals surface area contributed by atoms with Crippen LogP contribution in [0.15, 0.2) is 30.3 Å². The maximum absolute atomic E-state index is 13.7. The lowest BCUT2D eigenvalue weighted by Gasteiger charge is -2.21. The minimum Gasteiger partial charge on any atom is -0.496 e. The molecule has 4 aromatic rings. The molecule has 2 aromatic carbocycles. The Morgan fingerprint density at radius 3 is 2.55 bits per heavy atom. The van der Waals surface area contributed by atoms with Gasteiger partial charge in [0.2, 0.25) is 0 Å². The van der Waals surface area contributed by atoms with Gasteiger partial charge in [-0.3, -0.25) is 14.9 Å². The molecule has 0 radical (unpaired) electrons. The van der Waals surface area contributed by atoms with Crippen molar-refractivity contribution in [3.05, 3.63) is 57.1 Å². The Labute approximate surface area is 254 Å². The van der Waals surface area contributed by atoms with Gasteiger partial charge >= 0.3 is 5.97 Å². The number of amides is 1. The van der Waals surface area contributed by atoms with Gasteiger partial charge in [-0.2, -0.15) is 0 Å². The van der Waals surface area contributed by atoms with Crippen LogP contribution in [0.1, 0.15) is 65.0 Å². The molecule has 2 aromatic heterocycles. The number of esters is 1. The van der Waals surface area contributed by atoms with Gasteiger partial charge in [-0.15, -0.1) is 11.3 Å². The number of fused-ring (bicyclic) bond motifs is 1. The molecule has 2 N–H and O–H groups in total. The summed E-state index contributed by atoms with van der Waals surface area (Å²) in [6, 6.07) is 9.39. The highest BCUT2D eigenvalue weighted by atomic mass is 35.5. The van der Waals surface area contributed by atoms with Gasteiger partial charge in [0.05, 0.1) is 38.5 Å². The van der Waals surface area contributed by atoms with E-state index in [2.05, 4.69) is 10.3 Å². The molecule has 1 aliphatic rings. The number of aryl methyl sites for hydroxylation is 2. The summed E-state index contributed by atoms with van der Waals surface area (Å²) in [5, 5.41) is 4.72. The summed E-state index contributed by atoms with van der Waals surface area (Å²) >= 11 is 7.86. The summed E-state index contributed by atoms with van der Waals surface area (Å²) in [6.45, 7) is 1.97. The van der Waals surface area contributed by atoms with Gasteiger partial charge in [0.25, 0.3) is 5.91 Å². The molecule has 5 rings (SSSR count). The quantitative estimate of drug-likeness (QED) is 0.178. The van der Waals surface area contributed by atoms with Gasteiger partial charge in [-0.25, -0.2) is 4.98 Å². The molecule has 42 heavy (non-hydrogen) atoms. The van der Waals surface area contributed by atoms with Crippen LogP contribution in [0.3, 0.4) is 0 Å². The number of methoxy groups -OCH3 is 3. The van der Waals surface area contributed by atoms with Crippen LogP contribution in [0.2, 0.25) is 5.02 Å². The number of anilines is 1. The number of aromatic nitrogens is 2. The van der Waals surface area contributed by atoms with E-state index in [4.69, 9.17) is 30.8 Å². The van der Waals surface area contributed by atoms with E-state index in [1.807, 2.05) is 31.2 Å². The smallest absolute Gasteiger partial charge is 0.310 e. The van der Waals surface area contributed by atoms with Gasteiger partial charge in [0.1, 0.15) is 17.2 Å². The van der Waals surface area contributed by atoms with Crippen molar-refractivity contribution < 1.29 is 23.8 Å². The molecule has 8 nitrogen and oxygen atoms in total. The van der Waals surface area contributed by atoms with E-state index in [0.717, 1.165) is 45.4 Å². The molecular formula is C32H36ClN3O5S. The number of nitrogens with one attached hydrogen (secondary N) is 2. The number of rotatable bonds is 10. The van der Waals surface area contributed by atoms with Crippen molar-refractivity contribution >= 4 is 50.8 Å². The number of nitrogens with zero attached hydrogens (tertiary/aromatic N) is 1. The van der Waals surface area contributed by atoms with Crippen LogP contribution < -0.4 is 14.8 Å². The van der Waals surface area contributed by atoms with E-state index < -0.39 is 5.97 Å². The number of H-pyrrole nitrogens is 1. The summed E-state index contributed by atoms with van der Waals surface area (Å²) < 4.78 is 16.1. The highest BCUT2D eigenvalue weighted by Crippen LogP contribution is 2.43. The summed E-state index contributed by atoms with van der Waals surface area (Å²) in [4.78, 5) is 35.1. The minimum atomic E-state index is -0.420. The molecule has 1 fully saturated rings. The van der Waals surface area contributed by atoms with Gasteiger partial charge in [-0.1, -0.05) is 55.3 Å². The SMILES string of the molecule is COC(=O)Cc1c(C(=O)Nc2nc(-c3cc(OC)c(Cl)cc3OC)c(CCC3CCCCC3)s2)[nH]c2ccc(C)cc12. The van der Waals surface area contributed by atoms with Gasteiger partial charge in [0, 0.05) is 33.0 Å². The number of carbonyl (C=O) groups excluding carboxylic acids is 2. The molecule has 0 atom stereocenters. The van der Waals surface area contributed by atoms with Gasteiger partial charge in [-0.05, 0) is 43.9 Å². The third-order valence-electron chi connectivity index (χ3n) is 7.99. The van der Waals surface area contributed by atoms with Crippen molar-refractivity contribution in [2.45, 2.75) is 58.3 Å². The van der Waals surface area contributed by atoms with Crippen molar-refractivity contribution in [3.8, 4) is 22.8 Å². The average molecular weight is 610 g/mol. The Morgan fingerprint density at radius 2 is 1.83 bits per heavy atom. The zero-order valence-corrected chi connectivity index (χ0v) is 26.0. The number of benzene rings is 2. The summed E-state index contributed by atoms with van der Waals surface area (Å²) in [7, 11) is 4.51. The number of carbonyl (C=O) groups is 2. The molecule has 1 saturated carbocycles. The van der Waals surface area contributed by atoms with Crippen LogP contribution in [-0.2, 0) is 22.4 Å². The molecular weight excluding hydrogens is 574 g/mol. The second kappa shape index (κ2) is 13.2. The zero-order valence-electron chi connectivity index (χ0n) is 24.4. The predicted molar refractivity (Wildman–Crippen MR) is 167 cm³/mol. The maximum atomic E-state index is 13.7. The normalized spacial score (nSPS) is 13.7. The number of halogens is 1. The molecule has 0 saturated heterocycles. The molecule has 2 heterocycles. The summed E-state index contributed by atoms with van der Waals surface area (Å²) in [5.41, 5.74) is 4.19. The van der Waals surface area contributed by atoms with Crippen LogP contribution in [0.4, 0.5) is 5.13 Å². The van der Waals surface area contributed by atoms with Crippen LogP contribution in [-0.4, -0.2) is 43.2 Å². The lowest BCUT2D eigenvalue weighted by atomic mass is 9.86. The monoisotopic (exact) mass is 609 g/mol. The molecule has 0 aliphatic heterocycles. The van der Waals surface area contributed by atoms with Crippen molar-refractivity contribution in [2.75, 3.05) is 26.6 Å². The average Bonchev–Trinajstić information content (AvgIpc) is 3.56. The number of ether oxygens (including phenoxy) is 3. The van der Waals surface area contributed by atoms with Crippen LogP contribution in [0.5, 0.6) is 11.5 Å². The predicted octanol–water partition coefficient (Wildman–Crippen LogP) is 7.75. The van der Waals surface area contributed by atoms with E-state index >= 15 is 0 Å². The van der Waals surface area contributed by atoms with Gasteiger partial charge < -0.3 is 19.2 Å². The summed E-state index contributed by atoms with van der Waals surface area (Å²) in [6.07, 6.45) is 8.23. The molecule has 1 aliphatic carbocycles. The van der Waals surface area contributed by atoms with Gasteiger partial charge in [0.15, 0.2) is 5.13 Å². The van der Waals surface area contributed by atoms with Crippen molar-refractivity contribution in [1.82, 2.24) is 9.97 Å². The van der Waals surface area contributed by atoms with Crippen LogP contribution in [0.25, 0.3) is 22.2 Å². The zero-order chi connectivity index (χ0) is 29.8. The molecule has 10 heteroatoms. The van der Waals surface area contributed by atoms with Crippen molar-refractivity contribution in [3.63, 3.8) is 0 Å². The Hall–Kier alpha value is -3.56. The number of hydrogen-bond acceptors (Lipinski definition) is 7. The largest absolute Gasteiger partial charge is 0.496 e. The van der Waals surface area contributed by atoms with E-state index in [9.17, 15) is 9.59 Å². The lowest BCUT2D eigenvalue weighted by Crippen LogP contribution is -2.16. The van der Waals surface area contributed by atoms with E-state index in [1.54, 1.807) is 20.3 Å². The van der Waals surface area contributed by atoms with Crippen molar-refractivity contribution in [2.24, 2.45) is 5.92 Å². The second-order valence-corrected chi connectivity index (χ2v) is 12.2. The first kappa shape index (κ1) is 29.9. The van der Waals surface area contributed by atoms with E-state index in [-0.39, 0.29) is 12.3 Å². The Bertz CT molecular complexity index is 1610. The maximum Gasteiger partial charge on any atom is 0.310 e. The third-order valence-corrected chi connectivity index (χ3v) is 9.31. The Balaban J connectivity index is 1.51. The first-order valence-electron chi connectivity index (χ1n) is 14.2. The standard InChI is InChI=1S/C32H36ClN3O5S/c1-18-10-12-24-20(14-18)21(16-28(37)41-4)30(34-24)31(38)36-32-35-29(22-15-26(40-3)23(33)17-25(22)39-2)27(42-32)13-11-19-8-6-5-7-9-19/h10,12,14-15,17,19,34H,5-9,11,13,16H2,1-4H3,(H,35,36,38). The number of aromatic amines is 1. The summed E-state index contributed by atoms with van der Waals surface area (Å²) in [5.74, 6) is 0.989. The van der Waals surface area contributed by atoms with Crippen molar-refractivity contribution in [1.29, 1.82) is 0 Å². The molecule has 0 bridgehead atoms. The Kier molecular flexibility index (Phi) is 9.38.